The number of hydrogen-bond donors (Lipinski definition) is 2. The summed E-state index contributed by atoms with van der Waals surface area (Å²) in [6.45, 7) is 2.94. The molecule has 1 atom stereocenters. The molecule has 2 aliphatic heterocycles. The van der Waals surface area contributed by atoms with Gasteiger partial charge in [-0.25, -0.2) is 14.8 Å². The number of imide groups is 1. The number of piperidine rings is 2. The fraction of sp³-hybridized carbons (Fsp3) is 0.462. The van der Waals surface area contributed by atoms with Crippen molar-refractivity contribution in [3.05, 3.63) is 76.4 Å². The summed E-state index contributed by atoms with van der Waals surface area (Å²) in [6, 6.07) is 8.93. The van der Waals surface area contributed by atoms with E-state index < -0.39 is 29.9 Å². The van der Waals surface area contributed by atoms with Crippen LogP contribution in [0.1, 0.15) is 91.1 Å². The number of alkyl halides is 3. The Morgan fingerprint density at radius 2 is 1.73 bits per heavy atom. The zero-order valence-corrected chi connectivity index (χ0v) is 31.0. The van der Waals surface area contributed by atoms with Gasteiger partial charge in [0.15, 0.2) is 0 Å². The molecule has 8 rings (SSSR count). The number of carbonyl (C=O) groups is 3. The van der Waals surface area contributed by atoms with Crippen molar-refractivity contribution in [2.75, 3.05) is 32.1 Å². The Labute approximate surface area is 319 Å². The van der Waals surface area contributed by atoms with Gasteiger partial charge in [0.1, 0.15) is 11.8 Å². The van der Waals surface area contributed by atoms with Crippen LogP contribution >= 0.6 is 0 Å². The molecule has 0 bridgehead atoms. The zero-order chi connectivity index (χ0) is 39.3. The average molecular weight is 774 g/mol. The molecule has 1 saturated carbocycles. The van der Waals surface area contributed by atoms with Gasteiger partial charge in [0, 0.05) is 50.1 Å². The molecule has 294 valence electrons. The number of benzene rings is 2. The number of hydrogen-bond acceptors (Lipinski definition) is 9. The smallest absolute Gasteiger partial charge is 0.451 e. The van der Waals surface area contributed by atoms with Crippen LogP contribution in [0.25, 0.3) is 21.9 Å². The predicted octanol–water partition coefficient (Wildman–Crippen LogP) is 5.35. The Hall–Kier alpha value is -5.58. The van der Waals surface area contributed by atoms with Crippen LogP contribution < -0.4 is 21.1 Å². The molecule has 0 spiro atoms. The molecule has 56 heavy (non-hydrogen) atoms. The maximum atomic E-state index is 13.4. The summed E-state index contributed by atoms with van der Waals surface area (Å²) < 4.78 is 49.3. The number of fused-ring (bicyclic) bond motifs is 2. The Balaban J connectivity index is 0.871. The van der Waals surface area contributed by atoms with Gasteiger partial charge >= 0.3 is 11.9 Å². The highest BCUT2D eigenvalue weighted by atomic mass is 19.4. The van der Waals surface area contributed by atoms with E-state index in [1.165, 1.54) is 7.11 Å². The molecule has 1 unspecified atom stereocenters. The standard InChI is InChI=1S/C39H42F3N9O5/c1-48-34-27(4-3-5-30(34)51(38(48)55)31-10-11-33(52)46-36(31)54)23-12-14-49(15-13-23)20-22-6-8-26(9-7-22)50-21-24-16-29(32(56-2)17-28(24)47-50)45-35(53)25-18-43-37(44-19-25)39(40,41)42/h3-5,16-19,21-23,26,31H,6-15,20H2,1-2H3,(H,45,53)(H,46,52,54)/t22-,26-,31?. The summed E-state index contributed by atoms with van der Waals surface area (Å²) >= 11 is 0. The average Bonchev–Trinajstić information content (AvgIpc) is 3.72. The van der Waals surface area contributed by atoms with E-state index in [-0.39, 0.29) is 35.5 Å². The maximum absolute atomic E-state index is 13.4. The van der Waals surface area contributed by atoms with Crippen LogP contribution in [0.15, 0.2) is 53.7 Å². The van der Waals surface area contributed by atoms with Crippen LogP contribution in [0.4, 0.5) is 18.9 Å². The first-order chi connectivity index (χ1) is 26.9. The lowest BCUT2D eigenvalue weighted by Crippen LogP contribution is -2.44. The number of para-hydroxylation sites is 1. The summed E-state index contributed by atoms with van der Waals surface area (Å²) in [6.07, 6.45) is 5.46. The van der Waals surface area contributed by atoms with Crippen molar-refractivity contribution in [2.24, 2.45) is 13.0 Å². The topological polar surface area (TPSA) is 158 Å². The number of aromatic nitrogens is 6. The second kappa shape index (κ2) is 14.8. The van der Waals surface area contributed by atoms with Crippen molar-refractivity contribution in [2.45, 2.75) is 75.5 Å². The van der Waals surface area contributed by atoms with E-state index in [4.69, 9.17) is 9.84 Å². The largest absolute Gasteiger partial charge is 0.494 e. The molecule has 17 heteroatoms. The van der Waals surface area contributed by atoms with Crippen LogP contribution in [-0.2, 0) is 22.8 Å². The van der Waals surface area contributed by atoms with Crippen molar-refractivity contribution in [1.82, 2.24) is 39.1 Å². The van der Waals surface area contributed by atoms with E-state index in [0.717, 1.165) is 92.5 Å². The molecule has 3 amide bonds. The van der Waals surface area contributed by atoms with Crippen LogP contribution in [0.2, 0.25) is 0 Å². The van der Waals surface area contributed by atoms with Gasteiger partial charge in [0.2, 0.25) is 17.6 Å². The monoisotopic (exact) mass is 773 g/mol. The summed E-state index contributed by atoms with van der Waals surface area (Å²) in [5.74, 6) is -1.52. The number of ether oxygens (including phenoxy) is 1. The van der Waals surface area contributed by atoms with Gasteiger partial charge in [0.25, 0.3) is 5.91 Å². The van der Waals surface area contributed by atoms with Crippen LogP contribution in [0, 0.1) is 5.92 Å². The first-order valence-corrected chi connectivity index (χ1v) is 18.9. The molecular weight excluding hydrogens is 731 g/mol. The minimum atomic E-state index is -4.71. The lowest BCUT2D eigenvalue weighted by molar-refractivity contribution is -0.145. The van der Waals surface area contributed by atoms with E-state index in [1.54, 1.807) is 28.3 Å². The van der Waals surface area contributed by atoms with Crippen molar-refractivity contribution in [3.8, 4) is 5.75 Å². The number of halogens is 3. The highest BCUT2D eigenvalue weighted by molar-refractivity contribution is 6.06. The van der Waals surface area contributed by atoms with Gasteiger partial charge in [0.05, 0.1) is 41.0 Å². The number of methoxy groups -OCH3 is 1. The number of nitrogens with zero attached hydrogens (tertiary/aromatic N) is 7. The summed E-state index contributed by atoms with van der Waals surface area (Å²) in [7, 11) is 3.22. The molecule has 3 aromatic heterocycles. The normalized spacial score (nSPS) is 21.4. The molecule has 3 aliphatic rings. The third kappa shape index (κ3) is 7.15. The number of likely N-dealkylation sites (tertiary alicyclic amines) is 1. The predicted molar refractivity (Wildman–Crippen MR) is 199 cm³/mol. The van der Waals surface area contributed by atoms with Crippen LogP contribution in [0.5, 0.6) is 5.75 Å². The molecule has 2 saturated heterocycles. The minimum Gasteiger partial charge on any atom is -0.494 e. The van der Waals surface area contributed by atoms with Gasteiger partial charge in [-0.15, -0.1) is 0 Å². The number of carbonyl (C=O) groups excluding carboxylic acids is 3. The summed E-state index contributed by atoms with van der Waals surface area (Å²) in [4.78, 5) is 59.8. The van der Waals surface area contributed by atoms with Gasteiger partial charge in [-0.1, -0.05) is 12.1 Å². The number of rotatable bonds is 8. The zero-order valence-electron chi connectivity index (χ0n) is 31.0. The van der Waals surface area contributed by atoms with Crippen molar-refractivity contribution in [3.63, 3.8) is 0 Å². The molecule has 2 N–H and O–H groups in total. The van der Waals surface area contributed by atoms with Gasteiger partial charge in [-0.3, -0.25) is 33.5 Å². The first-order valence-electron chi connectivity index (χ1n) is 18.9. The SMILES string of the molecule is COc1cc2nn([C@H]3CC[C@H](CN4CCC(c5cccc6c5n(C)c(=O)n6C5CCC(=O)NC5=O)CC4)CC3)cc2cc1NC(=O)c1cnc(C(F)(F)F)nc1. The minimum absolute atomic E-state index is 0.123. The Bertz CT molecular complexity index is 2370. The van der Waals surface area contributed by atoms with Gasteiger partial charge in [-0.05, 0) is 87.6 Å². The van der Waals surface area contributed by atoms with Crippen molar-refractivity contribution < 1.29 is 32.3 Å². The Kier molecular flexibility index (Phi) is 9.88. The highest BCUT2D eigenvalue weighted by Crippen LogP contribution is 2.38. The maximum Gasteiger partial charge on any atom is 0.451 e. The van der Waals surface area contributed by atoms with E-state index in [9.17, 15) is 32.3 Å². The molecule has 0 radical (unpaired) electrons. The third-order valence-corrected chi connectivity index (χ3v) is 11.6. The molecule has 1 aliphatic carbocycles. The highest BCUT2D eigenvalue weighted by Gasteiger charge is 2.35. The second-order valence-electron chi connectivity index (χ2n) is 15.1. The summed E-state index contributed by atoms with van der Waals surface area (Å²) in [5.41, 5.74) is 3.39. The van der Waals surface area contributed by atoms with E-state index in [2.05, 4.69) is 31.6 Å². The van der Waals surface area contributed by atoms with E-state index >= 15 is 0 Å². The van der Waals surface area contributed by atoms with Gasteiger partial charge < -0.3 is 15.0 Å². The lowest BCUT2D eigenvalue weighted by atomic mass is 9.84. The number of amides is 3. The van der Waals surface area contributed by atoms with Crippen LogP contribution in [0.3, 0.4) is 0 Å². The fourth-order valence-corrected chi connectivity index (χ4v) is 8.72. The number of nitrogens with one attached hydrogen (secondary N) is 2. The fourth-order valence-electron chi connectivity index (χ4n) is 8.72. The molecule has 5 aromatic rings. The third-order valence-electron chi connectivity index (χ3n) is 11.6. The molecule has 14 nitrogen and oxygen atoms in total. The second-order valence-corrected chi connectivity index (χ2v) is 15.1. The first kappa shape index (κ1) is 37.3. The molecular formula is C39H42F3N9O5. The van der Waals surface area contributed by atoms with Crippen molar-refractivity contribution >= 4 is 45.3 Å². The van der Waals surface area contributed by atoms with Gasteiger partial charge in [-0.2, -0.15) is 18.3 Å². The molecule has 3 fully saturated rings. The number of aryl methyl sites for hydroxylation is 1. The van der Waals surface area contributed by atoms with E-state index in [1.807, 2.05) is 23.0 Å². The lowest BCUT2D eigenvalue weighted by Gasteiger charge is -2.37. The summed E-state index contributed by atoms with van der Waals surface area (Å²) in [5, 5.41) is 10.7. The quantitative estimate of drug-likeness (QED) is 0.199. The molecule has 2 aromatic carbocycles. The molecule has 5 heterocycles. The van der Waals surface area contributed by atoms with Crippen molar-refractivity contribution in [1.29, 1.82) is 0 Å². The van der Waals surface area contributed by atoms with E-state index in [0.29, 0.717) is 29.3 Å². The Morgan fingerprint density at radius 1 is 1.00 bits per heavy atom. The van der Waals surface area contributed by atoms with Crippen LogP contribution in [-0.4, -0.2) is 78.2 Å². The Morgan fingerprint density at radius 3 is 2.41 bits per heavy atom. The number of anilines is 1. The number of imidazole rings is 1.